The van der Waals surface area contributed by atoms with E-state index in [0.717, 1.165) is 16.9 Å². The summed E-state index contributed by atoms with van der Waals surface area (Å²) in [6.07, 6.45) is 0.992. The van der Waals surface area contributed by atoms with Crippen molar-refractivity contribution in [3.63, 3.8) is 0 Å². The largest absolute Gasteiger partial charge is 0.493 e. The molecule has 0 aromatic heterocycles. The maximum atomic E-state index is 10.7. The van der Waals surface area contributed by atoms with E-state index in [4.69, 9.17) is 15.6 Å². The second-order valence-corrected chi connectivity index (χ2v) is 4.65. The quantitative estimate of drug-likeness (QED) is 0.769. The molecule has 1 amide bonds. The van der Waals surface area contributed by atoms with Crippen LogP contribution in [0.2, 0.25) is 0 Å². The highest BCUT2D eigenvalue weighted by atomic mass is 16.5. The number of amides is 1. The first kappa shape index (κ1) is 14.5. The lowest BCUT2D eigenvalue weighted by Crippen LogP contribution is -2.19. The lowest BCUT2D eigenvalue weighted by atomic mass is 10.1. The number of hydrogen-bond donors (Lipinski definition) is 2. The molecule has 1 aromatic carbocycles. The van der Waals surface area contributed by atoms with E-state index in [-0.39, 0.29) is 18.4 Å². The minimum atomic E-state index is -0.305. The zero-order valence-electron chi connectivity index (χ0n) is 11.0. The van der Waals surface area contributed by atoms with E-state index in [1.54, 1.807) is 0 Å². The zero-order valence-corrected chi connectivity index (χ0v) is 11.0. The number of benzene rings is 1. The van der Waals surface area contributed by atoms with E-state index in [1.807, 2.05) is 32.0 Å². The van der Waals surface area contributed by atoms with E-state index in [1.165, 1.54) is 0 Å². The third-order valence-electron chi connectivity index (χ3n) is 2.78. The first-order valence-electron chi connectivity index (χ1n) is 6.14. The molecule has 0 saturated carbocycles. The summed E-state index contributed by atoms with van der Waals surface area (Å²) in [5.41, 5.74) is 7.34. The molecule has 100 valence electrons. The Balaban J connectivity index is 2.53. The van der Waals surface area contributed by atoms with Gasteiger partial charge in [-0.05, 0) is 42.5 Å². The van der Waals surface area contributed by atoms with E-state index in [9.17, 15) is 4.79 Å². The summed E-state index contributed by atoms with van der Waals surface area (Å²) in [5.74, 6) is 0.589. The van der Waals surface area contributed by atoms with E-state index in [2.05, 4.69) is 0 Å². The van der Waals surface area contributed by atoms with Crippen molar-refractivity contribution >= 4 is 5.91 Å². The highest BCUT2D eigenvalue weighted by molar-refractivity contribution is 5.73. The number of rotatable bonds is 7. The molecule has 3 N–H and O–H groups in total. The van der Waals surface area contributed by atoms with Crippen molar-refractivity contribution in [1.29, 1.82) is 0 Å². The van der Waals surface area contributed by atoms with E-state index < -0.39 is 0 Å². The average molecular weight is 251 g/mol. The van der Waals surface area contributed by atoms with Crippen LogP contribution in [-0.4, -0.2) is 24.2 Å². The molecular weight excluding hydrogens is 230 g/mol. The predicted molar refractivity (Wildman–Crippen MR) is 70.4 cm³/mol. The minimum Gasteiger partial charge on any atom is -0.493 e. The third kappa shape index (κ3) is 4.75. The fraction of sp³-hybridized carbons (Fsp3) is 0.500. The van der Waals surface area contributed by atoms with Gasteiger partial charge in [0.1, 0.15) is 5.75 Å². The van der Waals surface area contributed by atoms with Crippen molar-refractivity contribution in [3.05, 3.63) is 29.3 Å². The van der Waals surface area contributed by atoms with Crippen LogP contribution in [0, 0.1) is 12.8 Å². The van der Waals surface area contributed by atoms with Crippen LogP contribution < -0.4 is 10.5 Å². The molecule has 0 radical (unpaired) electrons. The normalized spacial score (nSPS) is 12.2. The molecule has 0 unspecified atom stereocenters. The van der Waals surface area contributed by atoms with Gasteiger partial charge in [0, 0.05) is 13.0 Å². The minimum absolute atomic E-state index is 0.111. The summed E-state index contributed by atoms with van der Waals surface area (Å²) in [5, 5.41) is 8.90. The summed E-state index contributed by atoms with van der Waals surface area (Å²) < 4.78 is 5.61. The number of ether oxygens (including phenoxy) is 1. The molecule has 4 nitrogen and oxygen atoms in total. The average Bonchev–Trinajstić information content (AvgIpc) is 2.29. The molecule has 0 bridgehead atoms. The van der Waals surface area contributed by atoms with Crippen LogP contribution in [0.3, 0.4) is 0 Å². The van der Waals surface area contributed by atoms with Gasteiger partial charge in [0.25, 0.3) is 0 Å². The SMILES string of the molecule is Cc1cc(OC[C@H](C)CC(N)=O)ccc1CCO. The number of carbonyl (C=O) groups is 1. The maximum Gasteiger partial charge on any atom is 0.217 e. The summed E-state index contributed by atoms with van der Waals surface area (Å²) in [6, 6.07) is 5.79. The van der Waals surface area contributed by atoms with Crippen LogP contribution >= 0.6 is 0 Å². The van der Waals surface area contributed by atoms with E-state index in [0.29, 0.717) is 19.4 Å². The van der Waals surface area contributed by atoms with Crippen LogP contribution in [0.15, 0.2) is 18.2 Å². The fourth-order valence-corrected chi connectivity index (χ4v) is 1.80. The molecule has 1 aromatic rings. The lowest BCUT2D eigenvalue weighted by molar-refractivity contribution is -0.119. The van der Waals surface area contributed by atoms with Crippen LogP contribution in [0.5, 0.6) is 5.75 Å². The van der Waals surface area contributed by atoms with Gasteiger partial charge in [0.2, 0.25) is 5.91 Å². The van der Waals surface area contributed by atoms with Crippen molar-refractivity contribution in [1.82, 2.24) is 0 Å². The standard InChI is InChI=1S/C14H21NO3/c1-10(7-14(15)17)9-18-13-4-3-12(5-6-16)11(2)8-13/h3-4,8,10,16H,5-7,9H2,1-2H3,(H2,15,17)/t10-/m1/s1. The van der Waals surface area contributed by atoms with Gasteiger partial charge in [-0.1, -0.05) is 13.0 Å². The molecular formula is C14H21NO3. The van der Waals surface area contributed by atoms with Gasteiger partial charge >= 0.3 is 0 Å². The van der Waals surface area contributed by atoms with Crippen molar-refractivity contribution in [2.24, 2.45) is 11.7 Å². The van der Waals surface area contributed by atoms with Crippen LogP contribution in [0.1, 0.15) is 24.5 Å². The Kier molecular flexibility index (Phi) is 5.65. The summed E-state index contributed by atoms with van der Waals surface area (Å²) in [7, 11) is 0. The zero-order chi connectivity index (χ0) is 13.5. The number of primary amides is 1. The van der Waals surface area contributed by atoms with Gasteiger partial charge in [-0.3, -0.25) is 4.79 Å². The molecule has 1 atom stereocenters. The molecule has 0 aliphatic heterocycles. The van der Waals surface area contributed by atoms with Crippen molar-refractivity contribution in [2.75, 3.05) is 13.2 Å². The van der Waals surface area contributed by atoms with Gasteiger partial charge in [-0.2, -0.15) is 0 Å². The fourth-order valence-electron chi connectivity index (χ4n) is 1.80. The van der Waals surface area contributed by atoms with Gasteiger partial charge < -0.3 is 15.6 Å². The number of hydrogen-bond acceptors (Lipinski definition) is 3. The molecule has 0 aliphatic carbocycles. The number of aliphatic hydroxyl groups is 1. The molecule has 0 fully saturated rings. The Morgan fingerprint density at radius 1 is 1.50 bits per heavy atom. The van der Waals surface area contributed by atoms with Gasteiger partial charge in [0.15, 0.2) is 0 Å². The molecule has 0 saturated heterocycles. The first-order valence-corrected chi connectivity index (χ1v) is 6.14. The maximum absolute atomic E-state index is 10.7. The number of nitrogens with two attached hydrogens (primary N) is 1. The van der Waals surface area contributed by atoms with Crippen molar-refractivity contribution < 1.29 is 14.6 Å². The van der Waals surface area contributed by atoms with Crippen molar-refractivity contribution in [3.8, 4) is 5.75 Å². The van der Waals surface area contributed by atoms with Gasteiger partial charge in [-0.25, -0.2) is 0 Å². The Hall–Kier alpha value is -1.55. The smallest absolute Gasteiger partial charge is 0.217 e. The van der Waals surface area contributed by atoms with Crippen LogP contribution in [-0.2, 0) is 11.2 Å². The van der Waals surface area contributed by atoms with Gasteiger partial charge in [-0.15, -0.1) is 0 Å². The first-order chi connectivity index (χ1) is 8.52. The predicted octanol–water partition coefficient (Wildman–Crippen LogP) is 1.42. The molecule has 0 heterocycles. The lowest BCUT2D eigenvalue weighted by Gasteiger charge is -2.13. The monoisotopic (exact) mass is 251 g/mol. The summed E-state index contributed by atoms with van der Waals surface area (Å²) in [6.45, 7) is 4.54. The summed E-state index contributed by atoms with van der Waals surface area (Å²) >= 11 is 0. The third-order valence-corrected chi connectivity index (χ3v) is 2.78. The molecule has 1 rings (SSSR count). The number of carbonyl (C=O) groups excluding carboxylic acids is 1. The van der Waals surface area contributed by atoms with Crippen molar-refractivity contribution in [2.45, 2.75) is 26.7 Å². The van der Waals surface area contributed by atoms with Crippen LogP contribution in [0.25, 0.3) is 0 Å². The molecule has 18 heavy (non-hydrogen) atoms. The van der Waals surface area contributed by atoms with Gasteiger partial charge in [0.05, 0.1) is 6.61 Å². The Bertz CT molecular complexity index is 404. The number of aryl methyl sites for hydroxylation is 1. The molecule has 4 heteroatoms. The highest BCUT2D eigenvalue weighted by Crippen LogP contribution is 2.18. The molecule has 0 aliphatic rings. The Labute approximate surface area is 108 Å². The molecule has 0 spiro atoms. The second kappa shape index (κ2) is 7.01. The topological polar surface area (TPSA) is 72.5 Å². The second-order valence-electron chi connectivity index (χ2n) is 4.65. The Morgan fingerprint density at radius 2 is 2.22 bits per heavy atom. The Morgan fingerprint density at radius 3 is 2.78 bits per heavy atom. The van der Waals surface area contributed by atoms with Crippen LogP contribution in [0.4, 0.5) is 0 Å². The summed E-state index contributed by atoms with van der Waals surface area (Å²) in [4.78, 5) is 10.7. The van der Waals surface area contributed by atoms with E-state index >= 15 is 0 Å². The number of aliphatic hydroxyl groups excluding tert-OH is 1. The highest BCUT2D eigenvalue weighted by Gasteiger charge is 2.07.